The Balaban J connectivity index is 1.16. The number of aliphatic hydroxyl groups is 1. The summed E-state index contributed by atoms with van der Waals surface area (Å²) in [4.78, 5) is 123. The monoisotopic (exact) mass is 1250 g/mol. The van der Waals surface area contributed by atoms with Crippen LogP contribution in [0.1, 0.15) is 109 Å². The molecule has 3 heterocycles. The number of carbonyl (C=O) groups excluding carboxylic acids is 9. The van der Waals surface area contributed by atoms with E-state index in [9.17, 15) is 48.3 Å². The number of anilines is 2. The first-order valence-electron chi connectivity index (χ1n) is 29.1. The van der Waals surface area contributed by atoms with Gasteiger partial charge in [0.1, 0.15) is 47.2 Å². The Kier molecular flexibility index (Phi) is 23.9. The maximum absolute atomic E-state index is 14.7. The number of likely N-dealkylation sites (N-methyl/N-ethyl adjacent to an activating group) is 1. The van der Waals surface area contributed by atoms with E-state index in [1.165, 1.54) is 74.4 Å². The van der Waals surface area contributed by atoms with E-state index in [1.807, 2.05) is 26.8 Å². The summed E-state index contributed by atoms with van der Waals surface area (Å²) in [6.07, 6.45) is 6.59. The molecule has 6 rings (SSSR count). The van der Waals surface area contributed by atoms with Gasteiger partial charge in [0.05, 0.1) is 19.2 Å². The highest BCUT2D eigenvalue weighted by atomic mass is 35.5. The van der Waals surface area contributed by atoms with E-state index in [-0.39, 0.29) is 83.8 Å². The van der Waals surface area contributed by atoms with Crippen molar-refractivity contribution in [2.45, 2.75) is 141 Å². The van der Waals surface area contributed by atoms with Gasteiger partial charge in [0, 0.05) is 76.1 Å². The molecule has 2 fully saturated rings. The van der Waals surface area contributed by atoms with Crippen LogP contribution in [-0.2, 0) is 49.4 Å². The van der Waals surface area contributed by atoms with E-state index in [0.717, 1.165) is 16.0 Å². The number of halogens is 1. The molecule has 3 aliphatic heterocycles. The number of allylic oxidation sites excluding steroid dienone is 3. The number of thiocarbonyl (C=S) groups is 1. The molecular weight excluding hydrogens is 1160 g/mol. The topological polar surface area (TPSA) is 319 Å². The third-order valence-electron chi connectivity index (χ3n) is 16.9. The molecule has 4 bridgehead atoms. The molecule has 0 spiro atoms. The number of primary amides is 1. The lowest BCUT2D eigenvalue weighted by Crippen LogP contribution is -2.64. The van der Waals surface area contributed by atoms with Gasteiger partial charge in [0.2, 0.25) is 17.7 Å². The predicted octanol–water partition coefficient (Wildman–Crippen LogP) is 5.15. The number of ether oxygens (including phenoxy) is 4. The van der Waals surface area contributed by atoms with Gasteiger partial charge in [-0.25, -0.2) is 14.4 Å². The minimum Gasteiger partial charge on any atom is -0.495 e. The molecule has 2 aromatic carbocycles. The number of nitrogens with zero attached hydrogens (tertiary/aromatic N) is 3. The highest BCUT2D eigenvalue weighted by Crippen LogP contribution is 2.56. The van der Waals surface area contributed by atoms with Crippen molar-refractivity contribution in [2.75, 3.05) is 58.2 Å². The minimum absolute atomic E-state index is 0.0484. The number of nitrogens with one attached hydrogen (secondary N) is 6. The van der Waals surface area contributed by atoms with Crippen LogP contribution >= 0.6 is 23.8 Å². The highest BCUT2D eigenvalue weighted by Gasteiger charge is 2.57. The lowest BCUT2D eigenvalue weighted by Gasteiger charge is -2.55. The van der Waals surface area contributed by atoms with Crippen molar-refractivity contribution in [1.29, 1.82) is 0 Å². The molecule has 0 aromatic heterocycles. The van der Waals surface area contributed by atoms with Crippen LogP contribution in [0.25, 0.3) is 0 Å². The van der Waals surface area contributed by atoms with Gasteiger partial charge in [0.15, 0.2) is 10.8 Å². The molecule has 1 saturated carbocycles. The Hall–Kier alpha value is -7.61. The quantitative estimate of drug-likeness (QED) is 0.0347. The van der Waals surface area contributed by atoms with Crippen molar-refractivity contribution in [2.24, 2.45) is 28.9 Å². The standard InChI is InChI=1S/C61H83ClN10O14S/c1-34(2)52(68-58(87)65-26-11-12-28-72-48(73)22-23-49(72)74)54(77)67-42(16-14-27-64-57(63)80)53(76)66-40-20-18-39(19-21-40)55(78)70(7)37(5)56(79)86-47-32-50(75)71(8)43-30-38(31-44(83-9)51(43)62)29-35(3)15-13-17-46(84-10)61(82)33-45(85-59(81)69-61)36(4)41-24-25-60(41,47)6/h13,15,17-23,30-31,34,36-37,41-42,45-47,52,82H,11-12,14,16,24-29,32-33H2,1-10H3,(H,66,76)(H,67,77)(H,69,81)(H3,63,64,80)(H2,65,68,87)/b17-13+,35-15+/t36-,37-,41-,42-,45-,46+,47-,52-,60+,61-/m0/s1. The summed E-state index contributed by atoms with van der Waals surface area (Å²) in [5, 5.41) is 29.1. The number of benzene rings is 2. The zero-order chi connectivity index (χ0) is 64.1. The summed E-state index contributed by atoms with van der Waals surface area (Å²) in [5.41, 5.74) is 4.96. The summed E-state index contributed by atoms with van der Waals surface area (Å²) in [5.74, 6) is -4.37. The molecule has 1 saturated heterocycles. The maximum atomic E-state index is 14.7. The van der Waals surface area contributed by atoms with Crippen LogP contribution in [0, 0.1) is 23.2 Å². The van der Waals surface area contributed by atoms with Crippen molar-refractivity contribution >= 4 is 93.8 Å². The van der Waals surface area contributed by atoms with Crippen LogP contribution in [-0.4, -0.2) is 164 Å². The van der Waals surface area contributed by atoms with Crippen LogP contribution < -0.4 is 47.3 Å². The van der Waals surface area contributed by atoms with Crippen LogP contribution in [0.2, 0.25) is 5.02 Å². The normalized spacial score (nSPS) is 25.0. The SMILES string of the molecule is COc1cc2cc(c1Cl)N(C)C(=O)C[C@H](OC(=O)[C@H](C)N(C)C(=O)c1ccc(NC(=O)[C@H](CCCNC(N)=O)NC(=O)[C@@H](NC(=S)NCCCCN3C(=O)C=CC3=O)C(C)C)cc1)[C@]1(C)CC[C@H]1[C@H](C)[C@@H]1C[C@@](O)(NC(=O)O1)[C@H](OC)/C=C/C=C(\C)C2. The number of esters is 1. The molecule has 9 amide bonds. The lowest BCUT2D eigenvalue weighted by atomic mass is 9.53. The first kappa shape index (κ1) is 68.5. The fraction of sp³-hybridized carbons (Fsp3) is 0.541. The predicted molar refractivity (Wildman–Crippen MR) is 329 cm³/mol. The average molecular weight is 1250 g/mol. The molecule has 24 nitrogen and oxygen atoms in total. The maximum Gasteiger partial charge on any atom is 0.409 e. The highest BCUT2D eigenvalue weighted by molar-refractivity contribution is 7.80. The number of fused-ring (bicyclic) bond motifs is 5. The first-order valence-corrected chi connectivity index (χ1v) is 29.9. The number of hydrogen-bond acceptors (Lipinski definition) is 15. The van der Waals surface area contributed by atoms with E-state index in [2.05, 4.69) is 31.9 Å². The second-order valence-electron chi connectivity index (χ2n) is 23.3. The third kappa shape index (κ3) is 17.3. The summed E-state index contributed by atoms with van der Waals surface area (Å²) in [6.45, 7) is 11.6. The molecule has 0 radical (unpaired) electrons. The number of urea groups is 1. The second kappa shape index (κ2) is 30.3. The van der Waals surface area contributed by atoms with Crippen molar-refractivity contribution in [3.63, 3.8) is 0 Å². The summed E-state index contributed by atoms with van der Waals surface area (Å²) < 4.78 is 23.7. The first-order chi connectivity index (χ1) is 41.1. The van der Waals surface area contributed by atoms with Crippen molar-refractivity contribution in [3.8, 4) is 5.75 Å². The van der Waals surface area contributed by atoms with Crippen LogP contribution in [0.5, 0.6) is 5.75 Å². The Morgan fingerprint density at radius 1 is 0.977 bits per heavy atom. The number of hydrogen-bond donors (Lipinski definition) is 8. The van der Waals surface area contributed by atoms with E-state index in [0.29, 0.717) is 50.1 Å². The fourth-order valence-corrected chi connectivity index (χ4v) is 11.9. The zero-order valence-corrected chi connectivity index (χ0v) is 52.6. The molecule has 26 heteroatoms. The number of imide groups is 1. The van der Waals surface area contributed by atoms with Crippen molar-refractivity contribution in [3.05, 3.63) is 88.5 Å². The average Bonchev–Trinajstić information content (AvgIpc) is 1.38. The fourth-order valence-electron chi connectivity index (χ4n) is 11.3. The van der Waals surface area contributed by atoms with Crippen LogP contribution in [0.4, 0.5) is 21.0 Å². The smallest absolute Gasteiger partial charge is 0.409 e. The molecule has 10 atom stereocenters. The van der Waals surface area contributed by atoms with Crippen LogP contribution in [0.15, 0.2) is 72.4 Å². The van der Waals surface area contributed by atoms with Gasteiger partial charge in [0.25, 0.3) is 17.7 Å². The largest absolute Gasteiger partial charge is 0.495 e. The van der Waals surface area contributed by atoms with Gasteiger partial charge >= 0.3 is 18.1 Å². The van der Waals surface area contributed by atoms with Gasteiger partial charge in [-0.2, -0.15) is 0 Å². The molecule has 87 heavy (non-hydrogen) atoms. The van der Waals surface area contributed by atoms with Crippen LogP contribution in [0.3, 0.4) is 0 Å². The van der Waals surface area contributed by atoms with Gasteiger partial charge < -0.3 is 66.2 Å². The number of carbonyl (C=O) groups is 9. The zero-order valence-electron chi connectivity index (χ0n) is 51.0. The molecule has 1 aliphatic carbocycles. The number of alkyl carbamates (subject to hydrolysis) is 1. The Morgan fingerprint density at radius 2 is 1.66 bits per heavy atom. The lowest BCUT2D eigenvalue weighted by molar-refractivity contribution is -0.185. The van der Waals surface area contributed by atoms with Crippen molar-refractivity contribution in [1.82, 2.24) is 36.4 Å². The molecule has 0 unspecified atom stereocenters. The summed E-state index contributed by atoms with van der Waals surface area (Å²) in [6, 6.07) is 5.52. The van der Waals surface area contributed by atoms with E-state index in [1.54, 1.807) is 45.2 Å². The van der Waals surface area contributed by atoms with Crippen molar-refractivity contribution < 1.29 is 67.2 Å². The molecule has 2 aromatic rings. The summed E-state index contributed by atoms with van der Waals surface area (Å²) in [7, 11) is 5.92. The molecule has 9 N–H and O–H groups in total. The third-order valence-corrected chi connectivity index (χ3v) is 17.5. The Bertz CT molecular complexity index is 3000. The van der Waals surface area contributed by atoms with Gasteiger partial charge in [-0.15, -0.1) is 0 Å². The molecule has 4 aliphatic rings. The Morgan fingerprint density at radius 3 is 2.28 bits per heavy atom. The number of nitrogens with two attached hydrogens (primary N) is 1. The minimum atomic E-state index is -1.86. The number of amides is 9. The number of unbranched alkanes of at least 4 members (excludes halogenated alkanes) is 1. The molecular formula is C61H83ClN10O14S. The van der Waals surface area contributed by atoms with Gasteiger partial charge in [-0.1, -0.05) is 63.1 Å². The second-order valence-corrected chi connectivity index (χ2v) is 24.1. The molecule has 474 valence electrons. The number of methoxy groups -OCH3 is 2. The van der Waals surface area contributed by atoms with Gasteiger partial charge in [-0.05, 0) is 131 Å². The summed E-state index contributed by atoms with van der Waals surface area (Å²) >= 11 is 12.4. The van der Waals surface area contributed by atoms with E-state index in [4.69, 9.17) is 48.5 Å². The number of rotatable bonds is 21. The van der Waals surface area contributed by atoms with E-state index < -0.39 is 95.2 Å². The van der Waals surface area contributed by atoms with E-state index >= 15 is 0 Å². The van der Waals surface area contributed by atoms with Gasteiger partial charge in [-0.3, -0.25) is 39.0 Å². The Labute approximate surface area is 518 Å².